The highest BCUT2D eigenvalue weighted by atomic mass is 19.1. The fourth-order valence-corrected chi connectivity index (χ4v) is 3.83. The lowest BCUT2D eigenvalue weighted by Gasteiger charge is -2.29. The number of carboxylic acid groups (broad SMARTS) is 1. The second-order valence-electron chi connectivity index (χ2n) is 7.84. The summed E-state index contributed by atoms with van der Waals surface area (Å²) in [4.78, 5) is 38.1. The molecule has 2 amide bonds. The van der Waals surface area contributed by atoms with E-state index < -0.39 is 48.7 Å². The van der Waals surface area contributed by atoms with Crippen LogP contribution >= 0.6 is 0 Å². The Hall–Kier alpha value is -3.46. The molecule has 0 spiro atoms. The first kappa shape index (κ1) is 23.2. The van der Waals surface area contributed by atoms with Crippen LogP contribution in [-0.2, 0) is 16.0 Å². The average molecular weight is 444 g/mol. The zero-order valence-corrected chi connectivity index (χ0v) is 17.4. The van der Waals surface area contributed by atoms with Crippen LogP contribution in [0, 0.1) is 6.92 Å². The van der Waals surface area contributed by atoms with E-state index in [0.717, 1.165) is 10.5 Å². The number of aliphatic carboxylic acids is 1. The van der Waals surface area contributed by atoms with Crippen LogP contribution in [0.4, 0.5) is 4.39 Å². The Labute approximate surface area is 184 Å². The van der Waals surface area contributed by atoms with Crippen LogP contribution in [0.2, 0.25) is 0 Å². The van der Waals surface area contributed by atoms with Crippen LogP contribution in [0.5, 0.6) is 5.75 Å². The standard InChI is InChI=1S/C23H25FN2O6/c1-13-16(8-5-9-19(13)27)21(29)25-17(10-14-6-3-2-4-7-14)20(28)22(30)26-12-15(24)11-18(26)23(31)32/h2-9,15,17-18,20,27-28H,10-12H2,1H3,(H,25,29)(H,31,32)/t15?,17-,18-,20-/m0/s1. The molecule has 0 aliphatic carbocycles. The summed E-state index contributed by atoms with van der Waals surface area (Å²) in [5.41, 5.74) is 1.21. The number of alkyl halides is 1. The normalized spacial score (nSPS) is 19.9. The molecular formula is C23H25FN2O6. The van der Waals surface area contributed by atoms with Crippen LogP contribution in [0.1, 0.15) is 27.9 Å². The molecular weight excluding hydrogens is 419 g/mol. The summed E-state index contributed by atoms with van der Waals surface area (Å²) < 4.78 is 13.8. The smallest absolute Gasteiger partial charge is 0.326 e. The molecule has 0 radical (unpaired) electrons. The van der Waals surface area contributed by atoms with Crippen LogP contribution in [0.25, 0.3) is 0 Å². The van der Waals surface area contributed by atoms with Gasteiger partial charge in [-0.2, -0.15) is 0 Å². The Morgan fingerprint density at radius 2 is 1.84 bits per heavy atom. The van der Waals surface area contributed by atoms with Crippen molar-refractivity contribution in [2.45, 2.75) is 44.1 Å². The Kier molecular flexibility index (Phi) is 7.09. The predicted molar refractivity (Wildman–Crippen MR) is 113 cm³/mol. The van der Waals surface area contributed by atoms with Crippen LogP contribution in [0.3, 0.4) is 0 Å². The number of nitrogens with one attached hydrogen (secondary N) is 1. The lowest BCUT2D eigenvalue weighted by molar-refractivity contribution is -0.152. The molecule has 170 valence electrons. The van der Waals surface area contributed by atoms with E-state index in [1.54, 1.807) is 37.3 Å². The first-order valence-electron chi connectivity index (χ1n) is 10.2. The van der Waals surface area contributed by atoms with E-state index in [9.17, 15) is 34.1 Å². The minimum atomic E-state index is -1.80. The summed E-state index contributed by atoms with van der Waals surface area (Å²) in [6.45, 7) is 1.12. The molecule has 1 aliphatic heterocycles. The molecule has 1 saturated heterocycles. The van der Waals surface area contributed by atoms with Crippen molar-refractivity contribution in [2.24, 2.45) is 0 Å². The fourth-order valence-electron chi connectivity index (χ4n) is 3.83. The van der Waals surface area contributed by atoms with Crippen molar-refractivity contribution >= 4 is 17.8 Å². The lowest BCUT2D eigenvalue weighted by atomic mass is 9.98. The van der Waals surface area contributed by atoms with Crippen molar-refractivity contribution < 1.29 is 34.1 Å². The molecule has 2 aromatic carbocycles. The molecule has 4 atom stereocenters. The second kappa shape index (κ2) is 9.78. The zero-order chi connectivity index (χ0) is 23.4. The number of phenolic OH excluding ortho intramolecular Hbond substituents is 1. The summed E-state index contributed by atoms with van der Waals surface area (Å²) in [5, 5.41) is 32.7. The number of rotatable bonds is 7. The van der Waals surface area contributed by atoms with Gasteiger partial charge in [0.15, 0.2) is 6.10 Å². The van der Waals surface area contributed by atoms with E-state index in [1.807, 2.05) is 0 Å². The van der Waals surface area contributed by atoms with Crippen LogP contribution in [0.15, 0.2) is 48.5 Å². The average Bonchev–Trinajstić information content (AvgIpc) is 3.17. The maximum atomic E-state index is 13.8. The summed E-state index contributed by atoms with van der Waals surface area (Å²) in [7, 11) is 0. The van der Waals surface area contributed by atoms with E-state index in [1.165, 1.54) is 18.2 Å². The number of hydrogen-bond donors (Lipinski definition) is 4. The number of carbonyl (C=O) groups excluding carboxylic acids is 2. The number of aromatic hydroxyl groups is 1. The second-order valence-corrected chi connectivity index (χ2v) is 7.84. The largest absolute Gasteiger partial charge is 0.508 e. The first-order valence-corrected chi connectivity index (χ1v) is 10.2. The van der Waals surface area contributed by atoms with Gasteiger partial charge in [-0.3, -0.25) is 9.59 Å². The molecule has 1 aliphatic rings. The maximum Gasteiger partial charge on any atom is 0.326 e. The molecule has 8 nitrogen and oxygen atoms in total. The van der Waals surface area contributed by atoms with E-state index >= 15 is 0 Å². The van der Waals surface area contributed by atoms with Crippen molar-refractivity contribution in [2.75, 3.05) is 6.54 Å². The van der Waals surface area contributed by atoms with Gasteiger partial charge in [-0.1, -0.05) is 36.4 Å². The van der Waals surface area contributed by atoms with Gasteiger partial charge in [-0.05, 0) is 31.0 Å². The van der Waals surface area contributed by atoms with Crippen molar-refractivity contribution in [3.05, 3.63) is 65.2 Å². The zero-order valence-electron chi connectivity index (χ0n) is 17.4. The topological polar surface area (TPSA) is 127 Å². The van der Waals surface area contributed by atoms with Gasteiger partial charge in [-0.25, -0.2) is 9.18 Å². The highest BCUT2D eigenvalue weighted by Crippen LogP contribution is 2.23. The highest BCUT2D eigenvalue weighted by Gasteiger charge is 2.43. The quantitative estimate of drug-likeness (QED) is 0.512. The third kappa shape index (κ3) is 5.05. The molecule has 1 fully saturated rings. The number of aliphatic hydroxyl groups is 1. The molecule has 3 rings (SSSR count). The van der Waals surface area contributed by atoms with Gasteiger partial charge in [0.05, 0.1) is 12.6 Å². The number of likely N-dealkylation sites (tertiary alicyclic amines) is 1. The number of hydrogen-bond acceptors (Lipinski definition) is 5. The van der Waals surface area contributed by atoms with Gasteiger partial charge < -0.3 is 25.5 Å². The summed E-state index contributed by atoms with van der Waals surface area (Å²) in [6.07, 6.45) is -3.60. The number of benzene rings is 2. The van der Waals surface area contributed by atoms with Gasteiger partial charge in [0.2, 0.25) is 0 Å². The highest BCUT2D eigenvalue weighted by molar-refractivity contribution is 5.97. The molecule has 0 bridgehead atoms. The minimum absolute atomic E-state index is 0.0714. The molecule has 1 unspecified atom stereocenters. The number of carbonyl (C=O) groups is 3. The molecule has 0 aromatic heterocycles. The molecule has 1 heterocycles. The van der Waals surface area contributed by atoms with E-state index in [4.69, 9.17) is 0 Å². The number of carboxylic acids is 1. The van der Waals surface area contributed by atoms with Gasteiger partial charge >= 0.3 is 5.97 Å². The van der Waals surface area contributed by atoms with Crippen LogP contribution in [-0.4, -0.2) is 68.9 Å². The molecule has 0 saturated carbocycles. The van der Waals surface area contributed by atoms with Gasteiger partial charge in [0, 0.05) is 17.5 Å². The Morgan fingerprint density at radius 1 is 1.16 bits per heavy atom. The van der Waals surface area contributed by atoms with Crippen molar-refractivity contribution in [1.29, 1.82) is 0 Å². The predicted octanol–water partition coefficient (Wildman–Crippen LogP) is 1.43. The summed E-state index contributed by atoms with van der Waals surface area (Å²) in [6, 6.07) is 10.7. The molecule has 2 aromatic rings. The van der Waals surface area contributed by atoms with Crippen LogP contribution < -0.4 is 5.32 Å². The third-order valence-electron chi connectivity index (χ3n) is 5.62. The summed E-state index contributed by atoms with van der Waals surface area (Å²) >= 11 is 0. The Balaban J connectivity index is 1.86. The molecule has 32 heavy (non-hydrogen) atoms. The number of halogens is 1. The van der Waals surface area contributed by atoms with Gasteiger partial charge in [-0.15, -0.1) is 0 Å². The number of amides is 2. The number of phenols is 1. The first-order chi connectivity index (χ1) is 15.2. The fraction of sp³-hybridized carbons (Fsp3) is 0.348. The number of nitrogens with zero attached hydrogens (tertiary/aromatic N) is 1. The third-order valence-corrected chi connectivity index (χ3v) is 5.62. The maximum absolute atomic E-state index is 13.8. The Bertz CT molecular complexity index is 999. The molecule has 4 N–H and O–H groups in total. The van der Waals surface area contributed by atoms with E-state index in [2.05, 4.69) is 5.32 Å². The lowest BCUT2D eigenvalue weighted by Crippen LogP contribution is -2.54. The monoisotopic (exact) mass is 444 g/mol. The van der Waals surface area contributed by atoms with E-state index in [-0.39, 0.29) is 24.2 Å². The van der Waals surface area contributed by atoms with E-state index in [0.29, 0.717) is 5.56 Å². The van der Waals surface area contributed by atoms with Crippen molar-refractivity contribution in [1.82, 2.24) is 10.2 Å². The summed E-state index contributed by atoms with van der Waals surface area (Å²) in [5.74, 6) is -3.02. The van der Waals surface area contributed by atoms with Crippen molar-refractivity contribution in [3.63, 3.8) is 0 Å². The number of aliphatic hydroxyl groups excluding tert-OH is 1. The van der Waals surface area contributed by atoms with Crippen molar-refractivity contribution in [3.8, 4) is 5.75 Å². The Morgan fingerprint density at radius 3 is 2.50 bits per heavy atom. The van der Waals surface area contributed by atoms with Gasteiger partial charge in [0.1, 0.15) is 18.0 Å². The SMILES string of the molecule is Cc1c(O)cccc1C(=O)N[C@@H](Cc1ccccc1)[C@H](O)C(=O)N1CC(F)C[C@H]1C(=O)O. The minimum Gasteiger partial charge on any atom is -0.508 e. The molecule has 9 heteroatoms. The van der Waals surface area contributed by atoms with Gasteiger partial charge in [0.25, 0.3) is 11.8 Å².